The number of nitrogens with one attached hydrogen (secondary N) is 1. The second-order valence-electron chi connectivity index (χ2n) is 8.11. The van der Waals surface area contributed by atoms with E-state index < -0.39 is 47.0 Å². The number of benzene rings is 1. The van der Waals surface area contributed by atoms with Gasteiger partial charge in [0.1, 0.15) is 5.82 Å². The topological polar surface area (TPSA) is 84.2 Å². The van der Waals surface area contributed by atoms with Crippen molar-refractivity contribution in [2.45, 2.75) is 43.2 Å². The molecule has 0 saturated heterocycles. The molecule has 2 N–H and O–H groups in total. The third kappa shape index (κ3) is 5.55. The van der Waals surface area contributed by atoms with Crippen LogP contribution in [-0.2, 0) is 26.2 Å². The van der Waals surface area contributed by atoms with Crippen LogP contribution < -0.4 is 5.32 Å². The Balaban J connectivity index is 1.91. The van der Waals surface area contributed by atoms with Gasteiger partial charge in [0.15, 0.2) is 5.69 Å². The molecule has 0 aliphatic heterocycles. The van der Waals surface area contributed by atoms with Crippen LogP contribution >= 0.6 is 23.2 Å². The number of nitrogens with zero attached hydrogens (tertiary/aromatic N) is 2. The summed E-state index contributed by atoms with van der Waals surface area (Å²) < 4.78 is 56.1. The van der Waals surface area contributed by atoms with Gasteiger partial charge in [-0.05, 0) is 24.5 Å². The van der Waals surface area contributed by atoms with E-state index in [9.17, 15) is 27.2 Å². The fourth-order valence-corrected chi connectivity index (χ4v) is 4.51. The van der Waals surface area contributed by atoms with Gasteiger partial charge in [-0.15, -0.1) is 23.2 Å². The highest BCUT2D eigenvalue weighted by atomic mass is 35.5. The highest BCUT2D eigenvalue weighted by molar-refractivity contribution is 6.30. The highest BCUT2D eigenvalue weighted by Gasteiger charge is 2.41. The van der Waals surface area contributed by atoms with Crippen LogP contribution in [0.3, 0.4) is 0 Å². The Labute approximate surface area is 202 Å². The third-order valence-electron chi connectivity index (χ3n) is 5.55. The number of allylic oxidation sites excluding steroid dienone is 2. The van der Waals surface area contributed by atoms with Gasteiger partial charge < -0.3 is 10.4 Å². The molecule has 0 radical (unpaired) electrons. The van der Waals surface area contributed by atoms with Gasteiger partial charge in [0.2, 0.25) is 0 Å². The molecule has 184 valence electrons. The number of carbonyl (C=O) groups is 2. The van der Waals surface area contributed by atoms with Crippen LogP contribution in [0.25, 0.3) is 0 Å². The molecule has 0 fully saturated rings. The maximum Gasteiger partial charge on any atom is 0.433 e. The molecule has 12 heteroatoms. The number of amides is 1. The molecule has 1 aliphatic carbocycles. The molecule has 2 aromatic rings. The van der Waals surface area contributed by atoms with Crippen molar-refractivity contribution in [3.8, 4) is 0 Å². The molecule has 0 saturated carbocycles. The van der Waals surface area contributed by atoms with Crippen LogP contribution in [0.1, 0.15) is 51.0 Å². The second-order valence-corrected chi connectivity index (χ2v) is 9.18. The predicted octanol–water partition coefficient (Wildman–Crippen LogP) is 4.93. The van der Waals surface area contributed by atoms with Gasteiger partial charge in [0, 0.05) is 25.6 Å². The van der Waals surface area contributed by atoms with Crippen LogP contribution in [0.15, 0.2) is 29.8 Å². The average molecular weight is 522 g/mol. The molecule has 1 aromatic carbocycles. The first-order chi connectivity index (χ1) is 15.8. The first kappa shape index (κ1) is 26.0. The molecule has 0 bridgehead atoms. The monoisotopic (exact) mass is 521 g/mol. The minimum atomic E-state index is -4.87. The molecule has 1 heterocycles. The van der Waals surface area contributed by atoms with E-state index in [1.54, 1.807) is 0 Å². The van der Waals surface area contributed by atoms with Crippen molar-refractivity contribution < 1.29 is 32.3 Å². The van der Waals surface area contributed by atoms with E-state index in [-0.39, 0.29) is 34.5 Å². The lowest BCUT2D eigenvalue weighted by Crippen LogP contribution is -2.29. The highest BCUT2D eigenvalue weighted by Crippen LogP contribution is 2.36. The Morgan fingerprint density at radius 1 is 1.29 bits per heavy atom. The van der Waals surface area contributed by atoms with E-state index in [2.05, 4.69) is 10.4 Å². The summed E-state index contributed by atoms with van der Waals surface area (Å²) >= 11 is 12.5. The Bertz CT molecular complexity index is 1150. The molecule has 3 atom stereocenters. The molecule has 0 spiro atoms. The Morgan fingerprint density at radius 2 is 1.97 bits per heavy atom. The summed E-state index contributed by atoms with van der Waals surface area (Å²) in [4.78, 5) is 23.8. The number of hydrogen-bond donors (Lipinski definition) is 2. The van der Waals surface area contributed by atoms with Crippen LogP contribution in [0.5, 0.6) is 0 Å². The van der Waals surface area contributed by atoms with E-state index >= 15 is 0 Å². The van der Waals surface area contributed by atoms with Crippen molar-refractivity contribution in [3.63, 3.8) is 0 Å². The van der Waals surface area contributed by atoms with Crippen LogP contribution in [0, 0.1) is 11.7 Å². The third-order valence-corrected chi connectivity index (χ3v) is 6.81. The van der Waals surface area contributed by atoms with Crippen LogP contribution in [-0.4, -0.2) is 37.5 Å². The lowest BCUT2D eigenvalue weighted by Gasteiger charge is -2.27. The molecule has 3 rings (SSSR count). The first-order valence-electron chi connectivity index (χ1n) is 10.2. The molecule has 34 heavy (non-hydrogen) atoms. The Morgan fingerprint density at radius 3 is 2.53 bits per heavy atom. The van der Waals surface area contributed by atoms with Crippen molar-refractivity contribution in [3.05, 3.63) is 63.7 Å². The van der Waals surface area contributed by atoms with Crippen molar-refractivity contribution in [2.75, 3.05) is 0 Å². The van der Waals surface area contributed by atoms with Gasteiger partial charge in [-0.1, -0.05) is 24.6 Å². The zero-order chi connectivity index (χ0) is 25.4. The maximum atomic E-state index is 14.2. The molecule has 1 amide bonds. The van der Waals surface area contributed by atoms with Crippen molar-refractivity contribution in [1.82, 2.24) is 15.1 Å². The molecule has 6 nitrogen and oxygen atoms in total. The summed E-state index contributed by atoms with van der Waals surface area (Å²) in [5.41, 5.74) is -1.66. The maximum absolute atomic E-state index is 14.2. The van der Waals surface area contributed by atoms with Crippen molar-refractivity contribution in [1.29, 1.82) is 0 Å². The predicted molar refractivity (Wildman–Crippen MR) is 118 cm³/mol. The summed E-state index contributed by atoms with van der Waals surface area (Å²) in [7, 11) is 1.09. The van der Waals surface area contributed by atoms with E-state index in [0.29, 0.717) is 16.7 Å². The number of alkyl halides is 5. The second kappa shape index (κ2) is 9.95. The normalized spacial score (nSPS) is 20.7. The fourth-order valence-electron chi connectivity index (χ4n) is 3.93. The summed E-state index contributed by atoms with van der Waals surface area (Å²) in [5.74, 6) is -3.45. The first-order valence-corrected chi connectivity index (χ1v) is 11.1. The molecular formula is C22H21Cl2F4N3O3. The number of rotatable bonds is 6. The number of carboxylic acids is 1. The fraction of sp³-hybridized carbons (Fsp3) is 0.409. The number of aryl methyl sites for hydroxylation is 1. The Hall–Kier alpha value is -2.59. The minimum Gasteiger partial charge on any atom is -0.478 e. The molecular weight excluding hydrogens is 501 g/mol. The lowest BCUT2D eigenvalue weighted by molar-refractivity contribution is -0.144. The Kier molecular flexibility index (Phi) is 7.62. The summed E-state index contributed by atoms with van der Waals surface area (Å²) in [5, 5.41) is 14.4. The summed E-state index contributed by atoms with van der Waals surface area (Å²) in [6.07, 6.45) is -2.75. The quantitative estimate of drug-likeness (QED) is 0.320. The van der Waals surface area contributed by atoms with Gasteiger partial charge in [0.25, 0.3) is 5.91 Å². The van der Waals surface area contributed by atoms with Gasteiger partial charge in [-0.2, -0.15) is 18.3 Å². The van der Waals surface area contributed by atoms with E-state index in [1.165, 1.54) is 0 Å². The zero-order valence-corrected chi connectivity index (χ0v) is 19.6. The summed E-state index contributed by atoms with van der Waals surface area (Å²) in [6, 6.07) is 3.04. The average Bonchev–Trinajstić information content (AvgIpc) is 3.06. The van der Waals surface area contributed by atoms with Crippen molar-refractivity contribution in [2.24, 2.45) is 13.0 Å². The number of aromatic nitrogens is 2. The summed E-state index contributed by atoms with van der Waals surface area (Å²) in [6.45, 7) is 1.39. The standard InChI is InChI=1S/C22H21Cl2F4N3O3/c1-10-5-11(6-14(23)18(10)24)7-16-17(19(22(26,27)28)31(2)30-16)20(32)29-9-13-4-3-12(21(33)34)8-15(13)25/h3-5,8,10,14,18H,6-7,9H2,1-2H3,(H,29,32)(H,33,34). The number of carbonyl (C=O) groups excluding carboxylic acids is 1. The zero-order valence-electron chi connectivity index (χ0n) is 18.1. The largest absolute Gasteiger partial charge is 0.478 e. The number of hydrogen-bond acceptors (Lipinski definition) is 3. The number of halogens is 6. The van der Waals surface area contributed by atoms with E-state index in [1.807, 2.05) is 13.0 Å². The SMILES string of the molecule is CC1C=C(Cc2nn(C)c(C(F)(F)F)c2C(=O)NCc2ccc(C(=O)O)cc2F)CC(Cl)C1Cl. The van der Waals surface area contributed by atoms with Gasteiger partial charge >= 0.3 is 12.1 Å². The van der Waals surface area contributed by atoms with Crippen LogP contribution in [0.4, 0.5) is 17.6 Å². The lowest BCUT2D eigenvalue weighted by atomic mass is 9.88. The number of carboxylic acid groups (broad SMARTS) is 1. The van der Waals surface area contributed by atoms with Gasteiger partial charge in [0.05, 0.1) is 27.6 Å². The molecule has 1 aliphatic rings. The molecule has 3 unspecified atom stereocenters. The minimum absolute atomic E-state index is 0.0362. The van der Waals surface area contributed by atoms with E-state index in [4.69, 9.17) is 28.3 Å². The van der Waals surface area contributed by atoms with Crippen LogP contribution in [0.2, 0.25) is 0 Å². The smallest absolute Gasteiger partial charge is 0.433 e. The van der Waals surface area contributed by atoms with Crippen molar-refractivity contribution >= 4 is 35.1 Å². The molecule has 1 aromatic heterocycles. The van der Waals surface area contributed by atoms with Gasteiger partial charge in [-0.25, -0.2) is 9.18 Å². The van der Waals surface area contributed by atoms with E-state index in [0.717, 1.165) is 25.2 Å². The number of aromatic carboxylic acids is 1. The van der Waals surface area contributed by atoms with Gasteiger partial charge in [-0.3, -0.25) is 9.48 Å².